The van der Waals surface area contributed by atoms with Gasteiger partial charge in [-0.05, 0) is 56.0 Å². The van der Waals surface area contributed by atoms with Crippen molar-refractivity contribution in [3.05, 3.63) is 59.2 Å². The summed E-state index contributed by atoms with van der Waals surface area (Å²) in [5, 5.41) is 0. The number of hydrogen-bond acceptors (Lipinski definition) is 1. The van der Waals surface area contributed by atoms with Gasteiger partial charge in [-0.1, -0.05) is 69.4 Å². The van der Waals surface area contributed by atoms with E-state index < -0.39 is 0 Å². The quantitative estimate of drug-likeness (QED) is 0.444. The van der Waals surface area contributed by atoms with Crippen molar-refractivity contribution in [2.24, 2.45) is 0 Å². The van der Waals surface area contributed by atoms with Crippen LogP contribution in [0.2, 0.25) is 0 Å². The molecule has 0 bridgehead atoms. The van der Waals surface area contributed by atoms with Crippen LogP contribution < -0.4 is 4.90 Å². The molecule has 2 rings (SSSR count). The number of rotatable bonds is 9. The third kappa shape index (κ3) is 5.12. The highest BCUT2D eigenvalue weighted by Gasteiger charge is 2.13. The summed E-state index contributed by atoms with van der Waals surface area (Å²) in [4.78, 5) is 2.53. The lowest BCUT2D eigenvalue weighted by Gasteiger charge is -2.28. The summed E-state index contributed by atoms with van der Waals surface area (Å²) >= 11 is 0. The zero-order chi connectivity index (χ0) is 17.4. The van der Waals surface area contributed by atoms with Gasteiger partial charge in [0.1, 0.15) is 0 Å². The lowest BCUT2D eigenvalue weighted by atomic mass is 10.1. The molecule has 1 nitrogen and oxygen atoms in total. The van der Waals surface area contributed by atoms with E-state index >= 15 is 0 Å². The summed E-state index contributed by atoms with van der Waals surface area (Å²) in [7, 11) is 0. The van der Waals surface area contributed by atoms with Crippen LogP contribution >= 0.6 is 0 Å². The van der Waals surface area contributed by atoms with Gasteiger partial charge in [0.2, 0.25) is 0 Å². The van der Waals surface area contributed by atoms with Gasteiger partial charge in [0, 0.05) is 17.9 Å². The van der Waals surface area contributed by atoms with E-state index in [1.54, 1.807) is 0 Å². The minimum Gasteiger partial charge on any atom is -0.341 e. The van der Waals surface area contributed by atoms with E-state index in [9.17, 15) is 0 Å². The molecule has 24 heavy (non-hydrogen) atoms. The lowest BCUT2D eigenvalue weighted by Crippen LogP contribution is -2.20. The predicted octanol–water partition coefficient (Wildman–Crippen LogP) is 7.11. The van der Waals surface area contributed by atoms with E-state index in [0.717, 1.165) is 6.54 Å². The predicted molar refractivity (Wildman–Crippen MR) is 107 cm³/mol. The molecule has 0 N–H and O–H groups in total. The summed E-state index contributed by atoms with van der Waals surface area (Å²) in [5.74, 6) is 0. The van der Waals surface area contributed by atoms with Gasteiger partial charge in [-0.2, -0.15) is 0 Å². The summed E-state index contributed by atoms with van der Waals surface area (Å²) < 4.78 is 0. The van der Waals surface area contributed by atoms with Crippen LogP contribution in [-0.4, -0.2) is 6.54 Å². The molecular weight excluding hydrogens is 290 g/mol. The molecule has 2 aromatic rings. The van der Waals surface area contributed by atoms with E-state index in [4.69, 9.17) is 0 Å². The van der Waals surface area contributed by atoms with Gasteiger partial charge in [0.25, 0.3) is 0 Å². The van der Waals surface area contributed by atoms with Crippen LogP contribution in [0.15, 0.2) is 42.5 Å². The maximum atomic E-state index is 2.53. The molecule has 0 spiro atoms. The van der Waals surface area contributed by atoms with Gasteiger partial charge in [-0.15, -0.1) is 0 Å². The van der Waals surface area contributed by atoms with Gasteiger partial charge in [0.15, 0.2) is 0 Å². The fraction of sp³-hybridized carbons (Fsp3) is 0.478. The van der Waals surface area contributed by atoms with E-state index in [1.165, 1.54) is 66.6 Å². The average molecular weight is 324 g/mol. The zero-order valence-electron chi connectivity index (χ0n) is 15.9. The molecular formula is C23H33N. The second-order valence-electron chi connectivity index (χ2n) is 7.00. The highest BCUT2D eigenvalue weighted by atomic mass is 15.1. The van der Waals surface area contributed by atoms with Crippen molar-refractivity contribution in [3.8, 4) is 0 Å². The van der Waals surface area contributed by atoms with Gasteiger partial charge < -0.3 is 4.90 Å². The maximum Gasteiger partial charge on any atom is 0.0443 e. The normalized spacial score (nSPS) is 10.8. The van der Waals surface area contributed by atoms with Crippen molar-refractivity contribution in [3.63, 3.8) is 0 Å². The second-order valence-corrected chi connectivity index (χ2v) is 7.00. The van der Waals surface area contributed by atoms with Gasteiger partial charge in [-0.25, -0.2) is 0 Å². The molecule has 130 valence electrons. The van der Waals surface area contributed by atoms with E-state index in [1.807, 2.05) is 0 Å². The van der Waals surface area contributed by atoms with Crippen LogP contribution in [0.4, 0.5) is 11.4 Å². The fourth-order valence-corrected chi connectivity index (χ4v) is 3.30. The lowest BCUT2D eigenvalue weighted by molar-refractivity contribution is 0.609. The summed E-state index contributed by atoms with van der Waals surface area (Å²) in [6, 6.07) is 15.5. The Morgan fingerprint density at radius 3 is 2.12 bits per heavy atom. The highest BCUT2D eigenvalue weighted by Crippen LogP contribution is 2.32. The SMILES string of the molecule is CCCCCCCCN(c1ccccc1C)c1cc(C)ccc1C. The van der Waals surface area contributed by atoms with Crippen LogP contribution in [0.25, 0.3) is 0 Å². The van der Waals surface area contributed by atoms with Crippen LogP contribution in [0.5, 0.6) is 0 Å². The molecule has 0 aromatic heterocycles. The third-order valence-corrected chi connectivity index (χ3v) is 4.80. The number of unbranched alkanes of at least 4 members (excludes halogenated alkanes) is 5. The van der Waals surface area contributed by atoms with Crippen molar-refractivity contribution in [1.29, 1.82) is 0 Å². The van der Waals surface area contributed by atoms with E-state index in [2.05, 4.69) is 75.1 Å². The first-order valence-corrected chi connectivity index (χ1v) is 9.54. The minimum absolute atomic E-state index is 1.10. The molecule has 0 atom stereocenters. The first-order valence-electron chi connectivity index (χ1n) is 9.54. The Bertz CT molecular complexity index is 630. The molecule has 0 amide bonds. The van der Waals surface area contributed by atoms with Crippen LogP contribution in [0.3, 0.4) is 0 Å². The maximum absolute atomic E-state index is 2.53. The first-order chi connectivity index (χ1) is 11.6. The van der Waals surface area contributed by atoms with Gasteiger partial charge in [0.05, 0.1) is 0 Å². The monoisotopic (exact) mass is 323 g/mol. The number of nitrogens with zero attached hydrogens (tertiary/aromatic N) is 1. The molecule has 1 heteroatoms. The summed E-state index contributed by atoms with van der Waals surface area (Å²) in [6.45, 7) is 10.0. The van der Waals surface area contributed by atoms with E-state index in [0.29, 0.717) is 0 Å². The van der Waals surface area contributed by atoms with Crippen LogP contribution in [0.1, 0.15) is 62.1 Å². The number of hydrogen-bond donors (Lipinski definition) is 0. The van der Waals surface area contributed by atoms with Crippen molar-refractivity contribution in [2.45, 2.75) is 66.2 Å². The topological polar surface area (TPSA) is 3.24 Å². The smallest absolute Gasteiger partial charge is 0.0443 e. The Hall–Kier alpha value is -1.76. The molecule has 0 aliphatic rings. The van der Waals surface area contributed by atoms with Crippen LogP contribution in [-0.2, 0) is 0 Å². The molecule has 0 fully saturated rings. The Labute approximate surface area is 148 Å². The van der Waals surface area contributed by atoms with Crippen molar-refractivity contribution in [1.82, 2.24) is 0 Å². The number of aryl methyl sites for hydroxylation is 3. The van der Waals surface area contributed by atoms with E-state index in [-0.39, 0.29) is 0 Å². The third-order valence-electron chi connectivity index (χ3n) is 4.80. The largest absolute Gasteiger partial charge is 0.341 e. The molecule has 0 saturated heterocycles. The Balaban J connectivity index is 2.16. The summed E-state index contributed by atoms with van der Waals surface area (Å²) in [6.07, 6.45) is 8.02. The molecule has 0 aliphatic carbocycles. The number of benzene rings is 2. The fourth-order valence-electron chi connectivity index (χ4n) is 3.30. The first kappa shape index (κ1) is 18.6. The van der Waals surface area contributed by atoms with Crippen molar-refractivity contribution in [2.75, 3.05) is 11.4 Å². The molecule has 0 aliphatic heterocycles. The standard InChI is InChI=1S/C23H33N/c1-5-6-7-8-9-12-17-24(22-14-11-10-13-20(22)3)23-18-19(2)15-16-21(23)4/h10-11,13-16,18H,5-9,12,17H2,1-4H3. The minimum atomic E-state index is 1.10. The molecule has 0 unspecified atom stereocenters. The second kappa shape index (κ2) is 9.52. The molecule has 0 heterocycles. The Morgan fingerprint density at radius 1 is 0.708 bits per heavy atom. The molecule has 2 aromatic carbocycles. The molecule has 0 radical (unpaired) electrons. The summed E-state index contributed by atoms with van der Waals surface area (Å²) in [5.41, 5.74) is 6.74. The van der Waals surface area contributed by atoms with Crippen molar-refractivity contribution < 1.29 is 0 Å². The van der Waals surface area contributed by atoms with Crippen molar-refractivity contribution >= 4 is 11.4 Å². The number of para-hydroxylation sites is 1. The van der Waals surface area contributed by atoms with Gasteiger partial charge in [-0.3, -0.25) is 0 Å². The van der Waals surface area contributed by atoms with Gasteiger partial charge >= 0.3 is 0 Å². The average Bonchev–Trinajstić information content (AvgIpc) is 2.58. The Morgan fingerprint density at radius 2 is 1.38 bits per heavy atom. The number of anilines is 2. The molecule has 0 saturated carbocycles. The highest BCUT2D eigenvalue weighted by molar-refractivity contribution is 5.69. The Kier molecular flexibility index (Phi) is 7.36. The van der Waals surface area contributed by atoms with Crippen LogP contribution in [0, 0.1) is 20.8 Å². The zero-order valence-corrected chi connectivity index (χ0v) is 15.9.